The van der Waals surface area contributed by atoms with E-state index in [-0.39, 0.29) is 16.9 Å². The second kappa shape index (κ2) is 9.38. The maximum absolute atomic E-state index is 12.6. The Balaban J connectivity index is 1.54. The van der Waals surface area contributed by atoms with Crippen molar-refractivity contribution in [3.63, 3.8) is 0 Å². The maximum Gasteiger partial charge on any atom is 0.224 e. The minimum atomic E-state index is -0.313. The highest BCUT2D eigenvalue weighted by Gasteiger charge is 2.47. The number of hydrogen-bond acceptors (Lipinski definition) is 4. The van der Waals surface area contributed by atoms with Gasteiger partial charge in [-0.05, 0) is 87.7 Å². The number of nitrogens with two attached hydrogens (primary N) is 1. The highest BCUT2D eigenvalue weighted by atomic mass is 16.5. The lowest BCUT2D eigenvalue weighted by molar-refractivity contribution is -0.117. The third-order valence-corrected chi connectivity index (χ3v) is 7.43. The van der Waals surface area contributed by atoms with Gasteiger partial charge < -0.3 is 15.4 Å². The number of nitrogen functional groups attached to an aromatic ring is 1. The van der Waals surface area contributed by atoms with Crippen molar-refractivity contribution in [1.29, 1.82) is 0 Å². The van der Waals surface area contributed by atoms with Crippen molar-refractivity contribution in [1.82, 2.24) is 4.90 Å². The van der Waals surface area contributed by atoms with Crippen LogP contribution in [0.5, 0.6) is 5.75 Å². The number of ether oxygens (including phenoxy) is 1. The first-order valence-electron chi connectivity index (χ1n) is 12.4. The number of nitrogens with zero attached hydrogens (tertiary/aromatic N) is 2. The van der Waals surface area contributed by atoms with Gasteiger partial charge in [-0.15, -0.1) is 0 Å². The van der Waals surface area contributed by atoms with E-state index in [9.17, 15) is 4.79 Å². The lowest BCUT2D eigenvalue weighted by Gasteiger charge is -2.51. The number of amides is 1. The lowest BCUT2D eigenvalue weighted by atomic mass is 9.65. The highest BCUT2D eigenvalue weighted by molar-refractivity contribution is 5.95. The van der Waals surface area contributed by atoms with Gasteiger partial charge in [0.2, 0.25) is 5.91 Å². The normalized spacial score (nSPS) is 23.0. The van der Waals surface area contributed by atoms with E-state index in [1.54, 1.807) is 6.92 Å². The number of anilines is 2. The van der Waals surface area contributed by atoms with Gasteiger partial charge >= 0.3 is 0 Å². The SMILES string of the molecule is CC(=O)N1c2ccc(N)cc2C(C)(c2ccc(OCCN3CCCCCC3)cc2)CC1(C)C. The van der Waals surface area contributed by atoms with Crippen molar-refractivity contribution in [3.05, 3.63) is 53.6 Å². The summed E-state index contributed by atoms with van der Waals surface area (Å²) in [4.78, 5) is 17.0. The average molecular weight is 450 g/mol. The second-order valence-corrected chi connectivity index (χ2v) is 10.6. The Kier molecular flexibility index (Phi) is 6.71. The summed E-state index contributed by atoms with van der Waals surface area (Å²) in [5.74, 6) is 0.964. The third kappa shape index (κ3) is 4.89. The molecule has 4 rings (SSSR count). The van der Waals surface area contributed by atoms with E-state index < -0.39 is 0 Å². The number of hydrogen-bond donors (Lipinski definition) is 1. The Morgan fingerprint density at radius 1 is 1.00 bits per heavy atom. The lowest BCUT2D eigenvalue weighted by Crippen LogP contribution is -2.55. The molecule has 2 N–H and O–H groups in total. The van der Waals surface area contributed by atoms with Gasteiger partial charge in [-0.2, -0.15) is 0 Å². The fourth-order valence-corrected chi connectivity index (χ4v) is 5.98. The van der Waals surface area contributed by atoms with Crippen LogP contribution < -0.4 is 15.4 Å². The van der Waals surface area contributed by atoms with Crippen molar-refractivity contribution in [2.45, 2.75) is 70.8 Å². The van der Waals surface area contributed by atoms with Gasteiger partial charge in [-0.25, -0.2) is 0 Å². The Hall–Kier alpha value is -2.53. The second-order valence-electron chi connectivity index (χ2n) is 10.6. The molecule has 2 aromatic rings. The summed E-state index contributed by atoms with van der Waals surface area (Å²) in [5.41, 5.74) is 9.61. The number of benzene rings is 2. The van der Waals surface area contributed by atoms with Crippen molar-refractivity contribution in [3.8, 4) is 5.75 Å². The predicted octanol–water partition coefficient (Wildman–Crippen LogP) is 5.36. The van der Waals surface area contributed by atoms with Gasteiger partial charge in [0.15, 0.2) is 0 Å². The minimum absolute atomic E-state index is 0.0567. The largest absolute Gasteiger partial charge is 0.492 e. The molecule has 1 atom stereocenters. The molecule has 0 bridgehead atoms. The van der Waals surface area contributed by atoms with Crippen LogP contribution in [0.2, 0.25) is 0 Å². The molecule has 0 radical (unpaired) electrons. The van der Waals surface area contributed by atoms with Crippen LogP contribution >= 0.6 is 0 Å². The van der Waals surface area contributed by atoms with Crippen LogP contribution in [0.3, 0.4) is 0 Å². The number of carbonyl (C=O) groups is 1. The molecule has 1 unspecified atom stereocenters. The summed E-state index contributed by atoms with van der Waals surface area (Å²) in [6, 6.07) is 14.4. The molecule has 2 aromatic carbocycles. The Bertz CT molecular complexity index is 977. The van der Waals surface area contributed by atoms with Gasteiger partial charge in [-0.3, -0.25) is 9.69 Å². The predicted molar refractivity (Wildman–Crippen MR) is 136 cm³/mol. The molecule has 2 aliphatic rings. The van der Waals surface area contributed by atoms with Gasteiger partial charge in [0, 0.05) is 35.8 Å². The van der Waals surface area contributed by atoms with E-state index in [0.29, 0.717) is 0 Å². The number of likely N-dealkylation sites (tertiary alicyclic amines) is 1. The van der Waals surface area contributed by atoms with E-state index in [1.165, 1.54) is 44.3 Å². The first-order chi connectivity index (χ1) is 15.7. The molecule has 0 aromatic heterocycles. The molecule has 5 nitrogen and oxygen atoms in total. The van der Waals surface area contributed by atoms with E-state index in [4.69, 9.17) is 10.5 Å². The van der Waals surface area contributed by atoms with Crippen molar-refractivity contribution in [2.24, 2.45) is 0 Å². The zero-order chi connectivity index (χ0) is 23.6. The van der Waals surface area contributed by atoms with E-state index in [1.807, 2.05) is 23.1 Å². The fourth-order valence-electron chi connectivity index (χ4n) is 5.98. The molecule has 2 aliphatic heterocycles. The zero-order valence-electron chi connectivity index (χ0n) is 20.7. The molecule has 178 valence electrons. The van der Waals surface area contributed by atoms with Gasteiger partial charge in [0.05, 0.1) is 0 Å². The summed E-state index contributed by atoms with van der Waals surface area (Å²) in [5, 5.41) is 0. The maximum atomic E-state index is 12.6. The van der Waals surface area contributed by atoms with E-state index in [0.717, 1.165) is 42.3 Å². The van der Waals surface area contributed by atoms with E-state index >= 15 is 0 Å². The minimum Gasteiger partial charge on any atom is -0.492 e. The topological polar surface area (TPSA) is 58.8 Å². The molecule has 0 saturated carbocycles. The van der Waals surface area contributed by atoms with Gasteiger partial charge in [-0.1, -0.05) is 31.9 Å². The zero-order valence-corrected chi connectivity index (χ0v) is 20.7. The number of rotatable bonds is 5. The monoisotopic (exact) mass is 449 g/mol. The van der Waals surface area contributed by atoms with Gasteiger partial charge in [0.25, 0.3) is 0 Å². The smallest absolute Gasteiger partial charge is 0.224 e. The molecule has 0 spiro atoms. The molecule has 1 amide bonds. The van der Waals surface area contributed by atoms with Crippen LogP contribution in [-0.4, -0.2) is 42.6 Å². The van der Waals surface area contributed by atoms with Crippen molar-refractivity contribution >= 4 is 17.3 Å². The van der Waals surface area contributed by atoms with Crippen molar-refractivity contribution < 1.29 is 9.53 Å². The quantitative estimate of drug-likeness (QED) is 0.624. The Labute approximate surface area is 198 Å². The molecular weight excluding hydrogens is 410 g/mol. The van der Waals surface area contributed by atoms with E-state index in [2.05, 4.69) is 49.9 Å². The van der Waals surface area contributed by atoms with Crippen LogP contribution in [0.15, 0.2) is 42.5 Å². The molecule has 1 fully saturated rings. The van der Waals surface area contributed by atoms with Crippen LogP contribution in [0.4, 0.5) is 11.4 Å². The van der Waals surface area contributed by atoms with Crippen LogP contribution in [0, 0.1) is 0 Å². The summed E-state index contributed by atoms with van der Waals surface area (Å²) in [6.45, 7) is 12.3. The standard InChI is InChI=1S/C28H39N3O2/c1-21(32)31-26-14-11-23(29)19-25(26)28(4,20-27(31,2)3)22-9-12-24(13-10-22)33-18-17-30-15-7-5-6-8-16-30/h9-14,19H,5-8,15-18,20,29H2,1-4H3. The molecular formula is C28H39N3O2. The summed E-state index contributed by atoms with van der Waals surface area (Å²) >= 11 is 0. The first-order valence-corrected chi connectivity index (χ1v) is 12.4. The van der Waals surface area contributed by atoms with Crippen LogP contribution in [0.1, 0.15) is 70.9 Å². The molecule has 0 aliphatic carbocycles. The molecule has 1 saturated heterocycles. The summed E-state index contributed by atoms with van der Waals surface area (Å²) in [6.07, 6.45) is 6.12. The Morgan fingerprint density at radius 3 is 2.30 bits per heavy atom. The van der Waals surface area contributed by atoms with Crippen LogP contribution in [0.25, 0.3) is 0 Å². The summed E-state index contributed by atoms with van der Waals surface area (Å²) < 4.78 is 6.09. The Morgan fingerprint density at radius 2 is 1.67 bits per heavy atom. The van der Waals surface area contributed by atoms with Gasteiger partial charge in [0.1, 0.15) is 12.4 Å². The third-order valence-electron chi connectivity index (χ3n) is 7.43. The van der Waals surface area contributed by atoms with Crippen LogP contribution in [-0.2, 0) is 10.2 Å². The fraction of sp³-hybridized carbons (Fsp3) is 0.536. The molecule has 2 heterocycles. The molecule has 5 heteroatoms. The first kappa shape index (κ1) is 23.6. The number of carbonyl (C=O) groups excluding carboxylic acids is 1. The molecule has 33 heavy (non-hydrogen) atoms. The summed E-state index contributed by atoms with van der Waals surface area (Å²) in [7, 11) is 0. The average Bonchev–Trinajstić information content (AvgIpc) is 3.03. The highest BCUT2D eigenvalue weighted by Crippen LogP contribution is 2.51. The number of fused-ring (bicyclic) bond motifs is 1. The van der Waals surface area contributed by atoms with Crippen molar-refractivity contribution in [2.75, 3.05) is 36.9 Å².